The molecule has 3 aliphatic rings. The summed E-state index contributed by atoms with van der Waals surface area (Å²) < 4.78 is 3.63. The van der Waals surface area contributed by atoms with E-state index in [1.807, 2.05) is 24.3 Å². The SMILES string of the molecule is CN1CCN(c2cccc(Nc3cc(-c4ccnc(N5CCn6c(cc7c6CCCC7)C5=O)c4C=O)cn(C)c3=O)n2)CC1. The van der Waals surface area contributed by atoms with Crippen molar-refractivity contribution in [3.05, 3.63) is 81.7 Å². The van der Waals surface area contributed by atoms with Crippen molar-refractivity contribution in [2.75, 3.05) is 54.9 Å². The highest BCUT2D eigenvalue weighted by Gasteiger charge is 2.32. The minimum Gasteiger partial charge on any atom is -0.354 e. The fourth-order valence-corrected chi connectivity index (χ4v) is 6.68. The van der Waals surface area contributed by atoms with E-state index in [0.29, 0.717) is 52.8 Å². The van der Waals surface area contributed by atoms with Crippen molar-refractivity contribution in [2.45, 2.75) is 32.2 Å². The van der Waals surface area contributed by atoms with E-state index in [1.165, 1.54) is 15.8 Å². The van der Waals surface area contributed by atoms with Crippen LogP contribution in [0.15, 0.2) is 53.6 Å². The number of hydrogen-bond donors (Lipinski definition) is 1. The first-order valence-electron chi connectivity index (χ1n) is 15.3. The number of hydrogen-bond acceptors (Lipinski definition) is 8. The van der Waals surface area contributed by atoms with Gasteiger partial charge in [0.25, 0.3) is 11.5 Å². The molecule has 1 aliphatic carbocycles. The van der Waals surface area contributed by atoms with Crippen molar-refractivity contribution in [3.63, 3.8) is 0 Å². The van der Waals surface area contributed by atoms with Gasteiger partial charge in [0, 0.05) is 70.0 Å². The number of nitrogens with zero attached hydrogens (tertiary/aromatic N) is 7. The van der Waals surface area contributed by atoms with Crippen LogP contribution in [0.2, 0.25) is 0 Å². The van der Waals surface area contributed by atoms with Crippen molar-refractivity contribution in [2.24, 2.45) is 7.05 Å². The van der Waals surface area contributed by atoms with Gasteiger partial charge in [0.05, 0.1) is 5.56 Å². The molecule has 1 amide bonds. The highest BCUT2D eigenvalue weighted by molar-refractivity contribution is 6.08. The summed E-state index contributed by atoms with van der Waals surface area (Å²) in [5.74, 6) is 1.60. The molecule has 226 valence electrons. The summed E-state index contributed by atoms with van der Waals surface area (Å²) in [7, 11) is 3.79. The molecule has 0 spiro atoms. The number of nitrogens with one attached hydrogen (secondary N) is 1. The Morgan fingerprint density at radius 3 is 2.57 bits per heavy atom. The molecule has 0 bridgehead atoms. The maximum Gasteiger partial charge on any atom is 0.276 e. The number of carbonyl (C=O) groups excluding carboxylic acids is 2. The van der Waals surface area contributed by atoms with Crippen molar-refractivity contribution in [1.29, 1.82) is 0 Å². The molecule has 11 nitrogen and oxygen atoms in total. The van der Waals surface area contributed by atoms with E-state index in [9.17, 15) is 14.4 Å². The first-order chi connectivity index (χ1) is 21.4. The van der Waals surface area contributed by atoms with E-state index in [2.05, 4.69) is 31.7 Å². The summed E-state index contributed by atoms with van der Waals surface area (Å²) in [4.78, 5) is 55.0. The molecule has 2 aliphatic heterocycles. The van der Waals surface area contributed by atoms with E-state index in [0.717, 1.165) is 64.0 Å². The van der Waals surface area contributed by atoms with E-state index in [4.69, 9.17) is 4.98 Å². The maximum atomic E-state index is 13.7. The van der Waals surface area contributed by atoms with Gasteiger partial charge in [-0.3, -0.25) is 19.3 Å². The summed E-state index contributed by atoms with van der Waals surface area (Å²) in [5.41, 5.74) is 4.85. The predicted molar refractivity (Wildman–Crippen MR) is 170 cm³/mol. The van der Waals surface area contributed by atoms with Crippen LogP contribution in [0.1, 0.15) is 44.9 Å². The summed E-state index contributed by atoms with van der Waals surface area (Å²) in [6, 6.07) is 11.2. The number of carbonyl (C=O) groups is 2. The van der Waals surface area contributed by atoms with E-state index in [-0.39, 0.29) is 11.5 Å². The van der Waals surface area contributed by atoms with Crippen LogP contribution in [0, 0.1) is 0 Å². The van der Waals surface area contributed by atoms with Crippen LogP contribution >= 0.6 is 0 Å². The van der Waals surface area contributed by atoms with Crippen LogP contribution < -0.4 is 20.7 Å². The third-order valence-electron chi connectivity index (χ3n) is 9.08. The number of anilines is 4. The van der Waals surface area contributed by atoms with Crippen LogP contribution in [0.5, 0.6) is 0 Å². The second-order valence-corrected chi connectivity index (χ2v) is 11.9. The highest BCUT2D eigenvalue weighted by atomic mass is 16.2. The van der Waals surface area contributed by atoms with Crippen LogP contribution in [-0.2, 0) is 26.4 Å². The average Bonchev–Trinajstić information content (AvgIpc) is 3.43. The third-order valence-corrected chi connectivity index (χ3v) is 9.08. The first kappa shape index (κ1) is 28.0. The molecule has 0 unspecified atom stereocenters. The Hall–Kier alpha value is -4.77. The zero-order valence-corrected chi connectivity index (χ0v) is 25.1. The normalized spacial score (nSPS) is 16.9. The number of aromatic nitrogens is 4. The van der Waals surface area contributed by atoms with Crippen LogP contribution in [0.25, 0.3) is 11.1 Å². The predicted octanol–water partition coefficient (Wildman–Crippen LogP) is 3.49. The molecular formula is C33H36N8O3. The number of pyridine rings is 3. The molecule has 1 N–H and O–H groups in total. The second-order valence-electron chi connectivity index (χ2n) is 11.9. The van der Waals surface area contributed by atoms with Gasteiger partial charge in [-0.05, 0) is 74.2 Å². The van der Waals surface area contributed by atoms with Crippen molar-refractivity contribution >= 4 is 35.3 Å². The Bertz CT molecular complexity index is 1820. The first-order valence-corrected chi connectivity index (χ1v) is 15.3. The molecule has 0 atom stereocenters. The molecule has 4 aromatic heterocycles. The molecule has 0 saturated carbocycles. The zero-order valence-electron chi connectivity index (χ0n) is 25.1. The molecule has 0 radical (unpaired) electrons. The summed E-state index contributed by atoms with van der Waals surface area (Å²) in [6.07, 6.45) is 8.34. The van der Waals surface area contributed by atoms with Gasteiger partial charge in [-0.15, -0.1) is 0 Å². The fourth-order valence-electron chi connectivity index (χ4n) is 6.68. The Balaban J connectivity index is 1.21. The Morgan fingerprint density at radius 1 is 0.932 bits per heavy atom. The van der Waals surface area contributed by atoms with Gasteiger partial charge in [0.2, 0.25) is 0 Å². The van der Waals surface area contributed by atoms with E-state index >= 15 is 0 Å². The Labute approximate surface area is 255 Å². The number of aldehydes is 1. The number of likely N-dealkylation sites (N-methyl/N-ethyl adjacent to an activating group) is 1. The van der Waals surface area contributed by atoms with E-state index < -0.39 is 0 Å². The minimum atomic E-state index is -0.224. The molecule has 7 rings (SSSR count). The molecule has 4 aromatic rings. The number of aryl methyl sites for hydroxylation is 2. The monoisotopic (exact) mass is 592 g/mol. The van der Waals surface area contributed by atoms with Gasteiger partial charge in [-0.25, -0.2) is 9.97 Å². The minimum absolute atomic E-state index is 0.146. The molecule has 1 saturated heterocycles. The van der Waals surface area contributed by atoms with Gasteiger partial charge < -0.3 is 24.3 Å². The largest absolute Gasteiger partial charge is 0.354 e. The molecule has 6 heterocycles. The number of rotatable bonds is 6. The number of piperazine rings is 1. The summed E-state index contributed by atoms with van der Waals surface area (Å²) in [6.45, 7) is 4.79. The van der Waals surface area contributed by atoms with E-state index in [1.54, 1.807) is 36.5 Å². The standard InChI is InChI=1S/C33H36N8O3/c1-37-12-14-39(15-13-37)30-9-5-8-29(36-30)35-26-18-23(20-38(2)32(26)43)24-10-11-34-31(25(24)21-42)41-17-16-40-27-7-4-3-6-22(27)19-28(40)33(41)44/h5,8-11,18-21H,3-4,6-7,12-17H2,1-2H3,(H,35,36). The maximum absolute atomic E-state index is 13.7. The van der Waals surface area contributed by atoms with Gasteiger partial charge in [0.1, 0.15) is 28.8 Å². The smallest absolute Gasteiger partial charge is 0.276 e. The lowest BCUT2D eigenvalue weighted by Gasteiger charge is -2.33. The summed E-state index contributed by atoms with van der Waals surface area (Å²) >= 11 is 0. The lowest BCUT2D eigenvalue weighted by molar-refractivity contribution is 0.0963. The van der Waals surface area contributed by atoms with Gasteiger partial charge in [-0.2, -0.15) is 0 Å². The lowest BCUT2D eigenvalue weighted by Crippen LogP contribution is -2.44. The quantitative estimate of drug-likeness (QED) is 0.339. The van der Waals surface area contributed by atoms with Crippen molar-refractivity contribution in [1.82, 2.24) is 24.0 Å². The van der Waals surface area contributed by atoms with Gasteiger partial charge in [0.15, 0.2) is 6.29 Å². The topological polar surface area (TPSA) is 109 Å². The molecule has 11 heteroatoms. The van der Waals surface area contributed by atoms with Gasteiger partial charge in [-0.1, -0.05) is 6.07 Å². The second kappa shape index (κ2) is 11.4. The highest BCUT2D eigenvalue weighted by Crippen LogP contribution is 2.33. The number of amides is 1. The van der Waals surface area contributed by atoms with Crippen LogP contribution in [0.4, 0.5) is 23.1 Å². The Morgan fingerprint density at radius 2 is 1.75 bits per heavy atom. The lowest BCUT2D eigenvalue weighted by atomic mass is 9.98. The average molecular weight is 593 g/mol. The van der Waals surface area contributed by atoms with Crippen molar-refractivity contribution in [3.8, 4) is 11.1 Å². The summed E-state index contributed by atoms with van der Waals surface area (Å²) in [5, 5.41) is 3.22. The fraction of sp³-hybridized carbons (Fsp3) is 0.364. The molecule has 0 aromatic carbocycles. The molecular weight excluding hydrogens is 556 g/mol. The van der Waals surface area contributed by atoms with Gasteiger partial charge >= 0.3 is 0 Å². The Kier molecular flexibility index (Phi) is 7.25. The third kappa shape index (κ3) is 4.96. The number of fused-ring (bicyclic) bond motifs is 3. The van der Waals surface area contributed by atoms with Crippen LogP contribution in [-0.4, -0.2) is 76.0 Å². The van der Waals surface area contributed by atoms with Crippen molar-refractivity contribution < 1.29 is 9.59 Å². The molecule has 1 fully saturated rings. The molecule has 44 heavy (non-hydrogen) atoms. The van der Waals surface area contributed by atoms with Crippen LogP contribution in [0.3, 0.4) is 0 Å². The zero-order chi connectivity index (χ0) is 30.4.